The molecule has 3 aromatic rings. The van der Waals surface area contributed by atoms with Crippen molar-refractivity contribution in [1.82, 2.24) is 0 Å². The highest BCUT2D eigenvalue weighted by Crippen LogP contribution is 2.44. The van der Waals surface area contributed by atoms with E-state index in [2.05, 4.69) is 32.9 Å². The van der Waals surface area contributed by atoms with E-state index in [4.69, 9.17) is 0 Å². The van der Waals surface area contributed by atoms with Crippen LogP contribution in [0.25, 0.3) is 21.9 Å². The summed E-state index contributed by atoms with van der Waals surface area (Å²) in [6.45, 7) is 8.14. The van der Waals surface area contributed by atoms with Gasteiger partial charge < -0.3 is 0 Å². The molecule has 0 fully saturated rings. The molecule has 0 aliphatic heterocycles. The molecule has 0 aliphatic rings. The lowest BCUT2D eigenvalue weighted by atomic mass is 9.80. The number of allylic oxidation sites excluding steroid dienone is 5. The maximum atomic E-state index is 13.6. The lowest BCUT2D eigenvalue weighted by Gasteiger charge is -2.26. The molecule has 0 aliphatic carbocycles. The number of benzene rings is 3. The minimum atomic E-state index is -4.45. The predicted octanol–water partition coefficient (Wildman–Crippen LogP) is 10.1. The number of nitrogens with zero attached hydrogens (tertiary/aromatic N) is 2. The van der Waals surface area contributed by atoms with Crippen molar-refractivity contribution in [3.8, 4) is 23.3 Å². The molecule has 0 amide bonds. The molecule has 7 heteroatoms. The number of hydrogen-bond donors (Lipinski definition) is 0. The Bertz CT molecular complexity index is 1630. The molecule has 0 heterocycles. The van der Waals surface area contributed by atoms with Crippen LogP contribution in [-0.2, 0) is 16.6 Å². The number of hydrogen-bond acceptors (Lipinski definition) is 4. The first-order valence-electron chi connectivity index (χ1n) is 13.7. The highest BCUT2D eigenvalue weighted by atomic mass is 32.2. The van der Waals surface area contributed by atoms with Gasteiger partial charge in [0.2, 0.25) is 0 Å². The lowest BCUT2D eigenvalue weighted by molar-refractivity contribution is -0.127. The number of alkyl halides is 3. The number of carbonyl (C=O) groups excluding carboxylic acids is 1. The van der Waals surface area contributed by atoms with Crippen LogP contribution < -0.4 is 0 Å². The first-order valence-corrected chi connectivity index (χ1v) is 14.6. The van der Waals surface area contributed by atoms with E-state index in [1.807, 2.05) is 42.7 Å². The van der Waals surface area contributed by atoms with Gasteiger partial charge in [0.15, 0.2) is 0 Å². The van der Waals surface area contributed by atoms with Gasteiger partial charge in [-0.25, -0.2) is 0 Å². The third-order valence-corrected chi connectivity index (χ3v) is 8.13. The van der Waals surface area contributed by atoms with E-state index in [1.165, 1.54) is 17.8 Å². The van der Waals surface area contributed by atoms with Crippen LogP contribution in [0.1, 0.15) is 69.2 Å². The van der Waals surface area contributed by atoms with Crippen molar-refractivity contribution in [2.45, 2.75) is 69.9 Å². The van der Waals surface area contributed by atoms with Crippen LogP contribution in [-0.4, -0.2) is 12.0 Å². The van der Waals surface area contributed by atoms with Crippen molar-refractivity contribution in [3.05, 3.63) is 101 Å². The summed E-state index contributed by atoms with van der Waals surface area (Å²) in [5.74, 6) is 0.163. The van der Waals surface area contributed by atoms with Gasteiger partial charge >= 0.3 is 6.18 Å². The normalized spacial score (nSPS) is 12.4. The van der Waals surface area contributed by atoms with Gasteiger partial charge in [-0.2, -0.15) is 23.7 Å². The second-order valence-electron chi connectivity index (χ2n) is 10.5. The van der Waals surface area contributed by atoms with Crippen LogP contribution in [0.4, 0.5) is 13.2 Å². The minimum Gasteiger partial charge on any atom is -0.299 e. The molecule has 0 unspecified atom stereocenters. The Morgan fingerprint density at radius 3 is 2.33 bits per heavy atom. The summed E-state index contributed by atoms with van der Waals surface area (Å²) in [6, 6.07) is 16.1. The van der Waals surface area contributed by atoms with E-state index >= 15 is 0 Å². The molecular weight excluding hydrogens is 553 g/mol. The maximum Gasteiger partial charge on any atom is 0.393 e. The molecule has 0 saturated heterocycles. The molecule has 3 nitrogen and oxygen atoms in total. The Hall–Kier alpha value is -4.07. The fourth-order valence-electron chi connectivity index (χ4n) is 4.51. The Kier molecular flexibility index (Phi) is 11.0. The lowest BCUT2D eigenvalue weighted by Crippen LogP contribution is -2.15. The Morgan fingerprint density at radius 2 is 1.69 bits per heavy atom. The number of carbonyl (C=O) groups is 1. The first-order chi connectivity index (χ1) is 20.0. The maximum absolute atomic E-state index is 13.6. The van der Waals surface area contributed by atoms with E-state index in [9.17, 15) is 28.5 Å². The second kappa shape index (κ2) is 14.2. The van der Waals surface area contributed by atoms with Gasteiger partial charge in [0.25, 0.3) is 0 Å². The van der Waals surface area contributed by atoms with Crippen LogP contribution in [0.15, 0.2) is 83.1 Å². The van der Waals surface area contributed by atoms with Gasteiger partial charge in [0, 0.05) is 28.7 Å². The van der Waals surface area contributed by atoms with Crippen LogP contribution in [0.3, 0.4) is 0 Å². The highest BCUT2D eigenvalue weighted by molar-refractivity contribution is 8.02. The number of nitriles is 2. The van der Waals surface area contributed by atoms with E-state index in [0.717, 1.165) is 16.9 Å². The van der Waals surface area contributed by atoms with Gasteiger partial charge in [0.05, 0.1) is 17.5 Å². The molecule has 3 rings (SSSR count). The van der Waals surface area contributed by atoms with Crippen molar-refractivity contribution >= 4 is 28.3 Å². The number of Topliss-reactive ketones (excluding diaryl/α,β-unsaturated/α-hetero) is 1. The third kappa shape index (κ3) is 8.02. The Balaban J connectivity index is 2.27. The quantitative estimate of drug-likeness (QED) is 0.166. The number of thioether (sulfide) groups is 1. The summed E-state index contributed by atoms with van der Waals surface area (Å²) >= 11 is 1.40. The summed E-state index contributed by atoms with van der Waals surface area (Å²) in [5, 5.41) is 23.3. The zero-order valence-corrected chi connectivity index (χ0v) is 25.0. The van der Waals surface area contributed by atoms with E-state index in [1.54, 1.807) is 36.4 Å². The van der Waals surface area contributed by atoms with Gasteiger partial charge in [-0.1, -0.05) is 100 Å². The van der Waals surface area contributed by atoms with Crippen LogP contribution in [0, 0.1) is 22.7 Å². The van der Waals surface area contributed by atoms with Crippen molar-refractivity contribution in [3.63, 3.8) is 0 Å². The predicted molar refractivity (Wildman–Crippen MR) is 165 cm³/mol. The molecule has 0 N–H and O–H groups in total. The summed E-state index contributed by atoms with van der Waals surface area (Å²) < 4.78 is 40.8. The Morgan fingerprint density at radius 1 is 0.976 bits per heavy atom. The number of halogens is 3. The van der Waals surface area contributed by atoms with Crippen molar-refractivity contribution in [2.24, 2.45) is 0 Å². The first kappa shape index (κ1) is 32.4. The standard InChI is InChI=1S/C35H33F3N2OS/c1-5-28(41)15-10-8-7-9-13-17-42-31-20-27(34(3,4)6-2)19-25-18-26(22-39)30(23-40)33(32(25)31)29-16-12-11-14-24(29)21-35(36,37)38/h7-14,16-20H,5-6,15,21H2,1-4H3/b9-7-,10-8+,17-13+. The fraction of sp³-hybridized carbons (Fsp3) is 0.286. The van der Waals surface area contributed by atoms with E-state index in [0.29, 0.717) is 29.2 Å². The summed E-state index contributed by atoms with van der Waals surface area (Å²) in [5.41, 5.74) is 1.66. The van der Waals surface area contributed by atoms with Crippen molar-refractivity contribution in [2.75, 3.05) is 0 Å². The van der Waals surface area contributed by atoms with Crippen molar-refractivity contribution < 1.29 is 18.0 Å². The number of fused-ring (bicyclic) bond motifs is 1. The van der Waals surface area contributed by atoms with Gasteiger partial charge in [-0.3, -0.25) is 4.79 Å². The minimum absolute atomic E-state index is 0.0404. The summed E-state index contributed by atoms with van der Waals surface area (Å²) in [7, 11) is 0. The number of rotatable bonds is 11. The number of ketones is 1. The fourth-order valence-corrected chi connectivity index (χ4v) is 5.36. The van der Waals surface area contributed by atoms with E-state index < -0.39 is 12.6 Å². The molecule has 0 atom stereocenters. The van der Waals surface area contributed by atoms with Crippen LogP contribution >= 0.6 is 11.8 Å². The van der Waals surface area contributed by atoms with Crippen LogP contribution in [0.5, 0.6) is 0 Å². The second-order valence-corrected chi connectivity index (χ2v) is 11.5. The molecular formula is C35H33F3N2OS. The largest absolute Gasteiger partial charge is 0.393 e. The van der Waals surface area contributed by atoms with E-state index in [-0.39, 0.29) is 33.5 Å². The Labute approximate surface area is 250 Å². The van der Waals surface area contributed by atoms with Crippen LogP contribution in [0.2, 0.25) is 0 Å². The topological polar surface area (TPSA) is 64.7 Å². The molecule has 216 valence electrons. The highest BCUT2D eigenvalue weighted by Gasteiger charge is 2.30. The average Bonchev–Trinajstić information content (AvgIpc) is 2.96. The molecule has 0 radical (unpaired) electrons. The van der Waals surface area contributed by atoms with Gasteiger partial charge in [0.1, 0.15) is 17.9 Å². The molecule has 0 spiro atoms. The molecule has 0 bridgehead atoms. The zero-order chi connectivity index (χ0) is 30.9. The monoisotopic (exact) mass is 586 g/mol. The summed E-state index contributed by atoms with van der Waals surface area (Å²) in [6.07, 6.45) is 5.22. The third-order valence-electron chi connectivity index (χ3n) is 7.26. The molecule has 0 saturated carbocycles. The SMILES string of the molecule is CCC(=O)C/C=C/C=C\C=C\Sc1cc(C(C)(C)CC)cc2cc(C#N)c(C#N)c(-c3ccccc3CC(F)(F)F)c12. The van der Waals surface area contributed by atoms with Gasteiger partial charge in [-0.15, -0.1) is 0 Å². The zero-order valence-electron chi connectivity index (χ0n) is 24.2. The van der Waals surface area contributed by atoms with Crippen molar-refractivity contribution in [1.29, 1.82) is 10.5 Å². The smallest absolute Gasteiger partial charge is 0.299 e. The van der Waals surface area contributed by atoms with Gasteiger partial charge in [-0.05, 0) is 51.5 Å². The molecule has 42 heavy (non-hydrogen) atoms. The summed E-state index contributed by atoms with van der Waals surface area (Å²) in [4.78, 5) is 12.2. The average molecular weight is 587 g/mol. The molecule has 3 aromatic carbocycles. The molecule has 0 aromatic heterocycles.